The number of carbonyl (C=O) groups is 1. The molecular formula is C25H30N2O4. The number of aliphatic hydroxyl groups is 1. The van der Waals surface area contributed by atoms with Crippen molar-refractivity contribution in [3.63, 3.8) is 0 Å². The maximum absolute atomic E-state index is 11.4. The van der Waals surface area contributed by atoms with Gasteiger partial charge in [-0.3, -0.25) is 0 Å². The van der Waals surface area contributed by atoms with Crippen LogP contribution < -0.4 is 4.74 Å². The summed E-state index contributed by atoms with van der Waals surface area (Å²) in [5.41, 5.74) is 3.68. The van der Waals surface area contributed by atoms with Gasteiger partial charge in [-0.2, -0.15) is 0 Å². The first-order valence-corrected chi connectivity index (χ1v) is 10.8. The van der Waals surface area contributed by atoms with Gasteiger partial charge >= 0.3 is 5.97 Å². The third-order valence-corrected chi connectivity index (χ3v) is 5.03. The molecule has 6 nitrogen and oxygen atoms in total. The summed E-state index contributed by atoms with van der Waals surface area (Å²) < 4.78 is 7.75. The molecule has 0 aliphatic rings. The van der Waals surface area contributed by atoms with Crippen LogP contribution in [0.25, 0.3) is 16.6 Å². The van der Waals surface area contributed by atoms with Gasteiger partial charge in [0.25, 0.3) is 0 Å². The minimum absolute atomic E-state index is 0.0491. The number of ether oxygens (including phenoxy) is 1. The summed E-state index contributed by atoms with van der Waals surface area (Å²) in [6.45, 7) is 3.71. The van der Waals surface area contributed by atoms with E-state index in [1.807, 2.05) is 54.7 Å². The van der Waals surface area contributed by atoms with Gasteiger partial charge in [-0.15, -0.1) is 0 Å². The van der Waals surface area contributed by atoms with Gasteiger partial charge in [-0.1, -0.05) is 49.5 Å². The van der Waals surface area contributed by atoms with Crippen LogP contribution in [0.2, 0.25) is 0 Å². The van der Waals surface area contributed by atoms with Crippen LogP contribution in [-0.2, 0) is 9.63 Å². The molecule has 0 fully saturated rings. The van der Waals surface area contributed by atoms with Crippen molar-refractivity contribution in [3.8, 4) is 11.4 Å². The second-order valence-corrected chi connectivity index (χ2v) is 7.43. The van der Waals surface area contributed by atoms with E-state index in [0.29, 0.717) is 12.2 Å². The Balaban J connectivity index is 2.09. The third kappa shape index (κ3) is 5.95. The number of nitrogens with zero attached hydrogens (tertiary/aromatic N) is 2. The molecule has 0 saturated heterocycles. The summed E-state index contributed by atoms with van der Waals surface area (Å²) in [6, 6.07) is 15.9. The topological polar surface area (TPSA) is 73.0 Å². The minimum Gasteiger partial charge on any atom is -0.491 e. The maximum atomic E-state index is 11.4. The van der Waals surface area contributed by atoms with Gasteiger partial charge in [0.15, 0.2) is 0 Å². The van der Waals surface area contributed by atoms with Crippen LogP contribution in [0, 0.1) is 0 Å². The highest BCUT2D eigenvalue weighted by atomic mass is 16.7. The molecule has 0 atom stereocenters. The molecule has 0 amide bonds. The molecule has 0 radical (unpaired) electrons. The Labute approximate surface area is 183 Å². The predicted molar refractivity (Wildman–Crippen MR) is 123 cm³/mol. The van der Waals surface area contributed by atoms with E-state index < -0.39 is 5.97 Å². The van der Waals surface area contributed by atoms with Gasteiger partial charge in [-0.05, 0) is 43.2 Å². The number of hydrogen-bond donors (Lipinski definition) is 1. The fourth-order valence-corrected chi connectivity index (χ4v) is 3.56. The number of oxime groups is 1. The molecule has 0 aliphatic heterocycles. The van der Waals surface area contributed by atoms with Gasteiger partial charge in [-0.25, -0.2) is 4.79 Å². The highest BCUT2D eigenvalue weighted by Gasteiger charge is 2.17. The maximum Gasteiger partial charge on any atom is 0.331 e. The lowest BCUT2D eigenvalue weighted by atomic mass is 10.0. The zero-order valence-electron chi connectivity index (χ0n) is 18.2. The Kier molecular flexibility index (Phi) is 8.24. The Morgan fingerprint density at radius 2 is 1.90 bits per heavy atom. The number of carbonyl (C=O) groups excluding carboxylic acids is 1. The zero-order chi connectivity index (χ0) is 22.1. The molecule has 164 valence electrons. The number of rotatable bonds is 11. The fraction of sp³-hybridized carbons (Fsp3) is 0.360. The van der Waals surface area contributed by atoms with Gasteiger partial charge in [0.2, 0.25) is 0 Å². The Hall–Kier alpha value is -3.12. The minimum atomic E-state index is -0.440. The van der Waals surface area contributed by atoms with Crippen molar-refractivity contribution >= 4 is 22.6 Å². The number of hydrogen-bond acceptors (Lipinski definition) is 5. The van der Waals surface area contributed by atoms with E-state index in [9.17, 15) is 4.79 Å². The first-order chi connectivity index (χ1) is 15.1. The molecular weight excluding hydrogens is 392 g/mol. The van der Waals surface area contributed by atoms with E-state index in [4.69, 9.17) is 14.7 Å². The molecule has 0 spiro atoms. The van der Waals surface area contributed by atoms with Crippen molar-refractivity contribution in [1.29, 1.82) is 0 Å². The summed E-state index contributed by atoms with van der Waals surface area (Å²) in [6.07, 6.45) is 7.12. The summed E-state index contributed by atoms with van der Waals surface area (Å²) in [4.78, 5) is 16.5. The molecule has 31 heavy (non-hydrogen) atoms. The van der Waals surface area contributed by atoms with Crippen LogP contribution >= 0.6 is 0 Å². The monoisotopic (exact) mass is 422 g/mol. The number of aliphatic hydroxyl groups excluding tert-OH is 1. The lowest BCUT2D eigenvalue weighted by molar-refractivity contribution is -0.140. The number of fused-ring (bicyclic) bond motifs is 1. The van der Waals surface area contributed by atoms with Crippen LogP contribution in [0.3, 0.4) is 0 Å². The summed E-state index contributed by atoms with van der Waals surface area (Å²) >= 11 is 0. The molecule has 3 aromatic rings. The van der Waals surface area contributed by atoms with Crippen molar-refractivity contribution in [3.05, 3.63) is 60.3 Å². The molecule has 6 heteroatoms. The number of aromatic nitrogens is 1. The van der Waals surface area contributed by atoms with Crippen molar-refractivity contribution in [2.75, 3.05) is 13.2 Å². The van der Waals surface area contributed by atoms with Crippen molar-refractivity contribution in [2.24, 2.45) is 5.16 Å². The smallest absolute Gasteiger partial charge is 0.331 e. The van der Waals surface area contributed by atoms with Crippen LogP contribution in [0.1, 0.15) is 51.5 Å². The molecule has 1 heterocycles. The van der Waals surface area contributed by atoms with Crippen molar-refractivity contribution in [2.45, 2.75) is 46.0 Å². The van der Waals surface area contributed by atoms with Crippen LogP contribution in [-0.4, -0.2) is 34.6 Å². The number of unbranched alkanes of at least 4 members (excludes halogenated alkanes) is 3. The summed E-state index contributed by atoms with van der Waals surface area (Å²) in [5.74, 6) is 0.233. The van der Waals surface area contributed by atoms with Gasteiger partial charge < -0.3 is 19.2 Å². The van der Waals surface area contributed by atoms with E-state index in [-0.39, 0.29) is 13.2 Å². The Morgan fingerprint density at radius 3 is 2.61 bits per heavy atom. The summed E-state index contributed by atoms with van der Waals surface area (Å²) in [7, 11) is 0. The molecule has 3 rings (SSSR count). The number of benzene rings is 2. The van der Waals surface area contributed by atoms with E-state index in [1.54, 1.807) is 0 Å². The second kappa shape index (κ2) is 11.3. The van der Waals surface area contributed by atoms with E-state index >= 15 is 0 Å². The lowest BCUT2D eigenvalue weighted by Crippen LogP contribution is -2.04. The predicted octanol–water partition coefficient (Wildman–Crippen LogP) is 5.24. The first-order valence-electron chi connectivity index (χ1n) is 10.8. The second-order valence-electron chi connectivity index (χ2n) is 7.43. The first kappa shape index (κ1) is 22.6. The fourth-order valence-electron chi connectivity index (χ4n) is 3.56. The zero-order valence-corrected chi connectivity index (χ0v) is 18.2. The molecule has 0 unspecified atom stereocenters. The average Bonchev–Trinajstić information content (AvgIpc) is 3.16. The van der Waals surface area contributed by atoms with Crippen LogP contribution in [0.4, 0.5) is 0 Å². The normalized spacial score (nSPS) is 11.6. The summed E-state index contributed by atoms with van der Waals surface area (Å²) in [5, 5.41) is 14.3. The van der Waals surface area contributed by atoms with Gasteiger partial charge in [0, 0.05) is 29.8 Å². The average molecular weight is 423 g/mol. The lowest BCUT2D eigenvalue weighted by Gasteiger charge is -2.07. The van der Waals surface area contributed by atoms with Crippen molar-refractivity contribution < 1.29 is 19.5 Å². The molecule has 0 aliphatic carbocycles. The van der Waals surface area contributed by atoms with Gasteiger partial charge in [0.1, 0.15) is 12.4 Å². The van der Waals surface area contributed by atoms with Crippen LogP contribution in [0.5, 0.6) is 5.75 Å². The Bertz CT molecular complexity index is 1020. The highest BCUT2D eigenvalue weighted by molar-refractivity contribution is 6.11. The van der Waals surface area contributed by atoms with Crippen molar-refractivity contribution in [1.82, 2.24) is 4.57 Å². The van der Waals surface area contributed by atoms with Gasteiger partial charge in [0.05, 0.1) is 17.8 Å². The van der Waals surface area contributed by atoms with Crippen LogP contribution in [0.15, 0.2) is 59.9 Å². The molecule has 2 aromatic carbocycles. The SMILES string of the molecule is CCCCCC/C(=N\OC(C)=O)c1cn(-c2ccccc2)c2ccc(OCCO)cc12. The van der Waals surface area contributed by atoms with E-state index in [0.717, 1.165) is 53.5 Å². The molecule has 1 aromatic heterocycles. The molecule has 0 bridgehead atoms. The highest BCUT2D eigenvalue weighted by Crippen LogP contribution is 2.30. The standard InChI is InChI=1S/C25H30N2O4/c1-3-4-5-9-12-24(26-31-19(2)29)23-18-27(20-10-7-6-8-11-20)25-14-13-21(17-22(23)25)30-16-15-28/h6-8,10-11,13-14,17-18,28H,3-5,9,12,15-16H2,1-2H3/b26-24+. The molecule has 0 saturated carbocycles. The third-order valence-electron chi connectivity index (χ3n) is 5.03. The Morgan fingerprint density at radius 1 is 1.10 bits per heavy atom. The quantitative estimate of drug-likeness (QED) is 0.198. The largest absolute Gasteiger partial charge is 0.491 e. The molecule has 1 N–H and O–H groups in total. The number of para-hydroxylation sites is 1. The van der Waals surface area contributed by atoms with E-state index in [1.165, 1.54) is 6.92 Å². The van der Waals surface area contributed by atoms with E-state index in [2.05, 4.69) is 16.6 Å².